The molecule has 0 spiro atoms. The lowest BCUT2D eigenvalue weighted by Crippen LogP contribution is -2.38. The Labute approximate surface area is 154 Å². The van der Waals surface area contributed by atoms with Gasteiger partial charge in [-0.25, -0.2) is 4.79 Å². The van der Waals surface area contributed by atoms with E-state index in [1.807, 2.05) is 18.2 Å². The van der Waals surface area contributed by atoms with Gasteiger partial charge < -0.3 is 14.7 Å². The van der Waals surface area contributed by atoms with Gasteiger partial charge in [-0.1, -0.05) is 48.4 Å². The Morgan fingerprint density at radius 2 is 1.69 bits per heavy atom. The topological polar surface area (TPSA) is 49.8 Å². The summed E-state index contributed by atoms with van der Waals surface area (Å²) in [6.07, 6.45) is 2.39. The number of aliphatic hydroxyl groups is 1. The van der Waals surface area contributed by atoms with Gasteiger partial charge in [0.15, 0.2) is 6.61 Å². The third-order valence-corrected chi connectivity index (χ3v) is 4.70. The van der Waals surface area contributed by atoms with Crippen molar-refractivity contribution in [3.63, 3.8) is 0 Å². The lowest BCUT2D eigenvalue weighted by atomic mass is 9.86. The van der Waals surface area contributed by atoms with Crippen molar-refractivity contribution in [2.75, 3.05) is 24.6 Å². The summed E-state index contributed by atoms with van der Waals surface area (Å²) < 4.78 is 5.21. The molecular formula is C22H23NO3. The van der Waals surface area contributed by atoms with Gasteiger partial charge in [-0.2, -0.15) is 0 Å². The molecule has 3 rings (SSSR count). The van der Waals surface area contributed by atoms with Gasteiger partial charge >= 0.3 is 5.97 Å². The number of benzene rings is 2. The molecule has 1 aliphatic heterocycles. The van der Waals surface area contributed by atoms with E-state index < -0.39 is 11.6 Å². The summed E-state index contributed by atoms with van der Waals surface area (Å²) in [5.74, 6) is 4.65. The maximum atomic E-state index is 12.7. The molecule has 1 atom stereocenters. The van der Waals surface area contributed by atoms with Gasteiger partial charge in [0.1, 0.15) is 0 Å². The molecular weight excluding hydrogens is 326 g/mol. The summed E-state index contributed by atoms with van der Waals surface area (Å²) in [6.45, 7) is 3.71. The summed E-state index contributed by atoms with van der Waals surface area (Å²) in [5, 5.41) is 11.3. The molecule has 26 heavy (non-hydrogen) atoms. The highest BCUT2D eigenvalue weighted by atomic mass is 16.5. The highest BCUT2D eigenvalue weighted by molar-refractivity contribution is 5.85. The number of esters is 1. The fraction of sp³-hybridized carbons (Fsp3) is 0.318. The van der Waals surface area contributed by atoms with Gasteiger partial charge in [0.25, 0.3) is 0 Å². The van der Waals surface area contributed by atoms with Crippen LogP contribution in [0.2, 0.25) is 0 Å². The fourth-order valence-electron chi connectivity index (χ4n) is 3.25. The van der Waals surface area contributed by atoms with Crippen LogP contribution in [-0.2, 0) is 15.1 Å². The normalized spacial score (nSPS) is 15.7. The Kier molecular flexibility index (Phi) is 5.60. The number of hydrogen-bond acceptors (Lipinski definition) is 4. The van der Waals surface area contributed by atoms with Gasteiger partial charge in [0.05, 0.1) is 0 Å². The summed E-state index contributed by atoms with van der Waals surface area (Å²) in [7, 11) is 0. The molecule has 1 saturated heterocycles. The maximum absolute atomic E-state index is 12.7. The molecule has 0 radical (unpaired) electrons. The molecule has 0 amide bonds. The highest BCUT2D eigenvalue weighted by Gasteiger charge is 2.41. The zero-order chi connectivity index (χ0) is 18.4. The molecule has 4 nitrogen and oxygen atoms in total. The molecule has 4 heteroatoms. The molecule has 1 unspecified atom stereocenters. The summed E-state index contributed by atoms with van der Waals surface area (Å²) in [5.41, 5.74) is 0.205. The number of rotatable bonds is 5. The van der Waals surface area contributed by atoms with Crippen LogP contribution in [0.1, 0.15) is 30.9 Å². The fourth-order valence-corrected chi connectivity index (χ4v) is 3.25. The van der Waals surface area contributed by atoms with E-state index in [1.54, 1.807) is 43.3 Å². The summed E-state index contributed by atoms with van der Waals surface area (Å²) >= 11 is 0. The number of nitrogens with zero attached hydrogens (tertiary/aromatic N) is 1. The van der Waals surface area contributed by atoms with E-state index in [1.165, 1.54) is 12.8 Å². The van der Waals surface area contributed by atoms with Crippen molar-refractivity contribution in [2.45, 2.75) is 25.4 Å². The number of carbonyl (C=O) groups is 1. The molecule has 1 N–H and O–H groups in total. The van der Waals surface area contributed by atoms with Crippen LogP contribution < -0.4 is 4.90 Å². The van der Waals surface area contributed by atoms with E-state index in [0.717, 1.165) is 18.8 Å². The lowest BCUT2D eigenvalue weighted by Gasteiger charge is -2.27. The van der Waals surface area contributed by atoms with Crippen molar-refractivity contribution in [1.82, 2.24) is 0 Å². The molecule has 1 aliphatic rings. The lowest BCUT2D eigenvalue weighted by molar-refractivity contribution is -0.160. The Morgan fingerprint density at radius 1 is 1.08 bits per heavy atom. The first-order valence-corrected chi connectivity index (χ1v) is 8.86. The second-order valence-corrected chi connectivity index (χ2v) is 6.32. The number of hydrogen-bond donors (Lipinski definition) is 1. The first-order valence-electron chi connectivity index (χ1n) is 8.86. The minimum Gasteiger partial charge on any atom is -0.450 e. The molecule has 1 heterocycles. The molecule has 1 fully saturated rings. The van der Waals surface area contributed by atoms with Crippen LogP contribution in [0, 0.1) is 11.8 Å². The van der Waals surface area contributed by atoms with Crippen molar-refractivity contribution in [2.24, 2.45) is 0 Å². The Morgan fingerprint density at radius 3 is 2.31 bits per heavy atom. The molecule has 2 aromatic carbocycles. The van der Waals surface area contributed by atoms with Crippen LogP contribution in [0.4, 0.5) is 5.69 Å². The average molecular weight is 349 g/mol. The van der Waals surface area contributed by atoms with E-state index >= 15 is 0 Å². The van der Waals surface area contributed by atoms with Gasteiger partial charge in [-0.3, -0.25) is 0 Å². The largest absolute Gasteiger partial charge is 0.450 e. The monoisotopic (exact) mass is 349 g/mol. The average Bonchev–Trinajstić information content (AvgIpc) is 3.23. The maximum Gasteiger partial charge on any atom is 0.348 e. The van der Waals surface area contributed by atoms with Crippen molar-refractivity contribution in [3.05, 3.63) is 65.7 Å². The standard InChI is InChI=1S/C22H23NO3/c1-2-3-17-26-21(24)22(25,18-9-5-4-6-10-18)19-11-13-20(14-12-19)23-15-7-8-16-23/h4-6,9-14,25H,7-8,15-17H2,1H3. The SMILES string of the molecule is CC#CCOC(=O)C(O)(c1ccccc1)c1ccc(N2CCCC2)cc1. The third-order valence-electron chi connectivity index (χ3n) is 4.70. The molecule has 0 aromatic heterocycles. The molecule has 0 aliphatic carbocycles. The van der Waals surface area contributed by atoms with E-state index in [9.17, 15) is 9.90 Å². The molecule has 0 bridgehead atoms. The van der Waals surface area contributed by atoms with Gasteiger partial charge in [0, 0.05) is 18.8 Å². The zero-order valence-electron chi connectivity index (χ0n) is 14.9. The minimum atomic E-state index is -1.86. The molecule has 2 aromatic rings. The molecule has 0 saturated carbocycles. The highest BCUT2D eigenvalue weighted by Crippen LogP contribution is 2.33. The summed E-state index contributed by atoms with van der Waals surface area (Å²) in [4.78, 5) is 15.0. The van der Waals surface area contributed by atoms with Crippen LogP contribution in [-0.4, -0.2) is 30.8 Å². The van der Waals surface area contributed by atoms with Crippen molar-refractivity contribution >= 4 is 11.7 Å². The quantitative estimate of drug-likeness (QED) is 0.666. The first kappa shape index (κ1) is 18.0. The predicted octanol–water partition coefficient (Wildman–Crippen LogP) is 3.09. The van der Waals surface area contributed by atoms with E-state index in [0.29, 0.717) is 11.1 Å². The van der Waals surface area contributed by atoms with Crippen molar-refractivity contribution < 1.29 is 14.6 Å². The Balaban J connectivity index is 1.94. The van der Waals surface area contributed by atoms with Crippen LogP contribution in [0.15, 0.2) is 54.6 Å². The van der Waals surface area contributed by atoms with Gasteiger partial charge in [-0.05, 0) is 43.0 Å². The second-order valence-electron chi connectivity index (χ2n) is 6.32. The van der Waals surface area contributed by atoms with Gasteiger partial charge in [-0.15, -0.1) is 5.92 Å². The Bertz CT molecular complexity index is 799. The zero-order valence-corrected chi connectivity index (χ0v) is 14.9. The first-order chi connectivity index (χ1) is 12.7. The number of anilines is 1. The minimum absolute atomic E-state index is 0.0453. The third kappa shape index (κ3) is 3.58. The van der Waals surface area contributed by atoms with E-state index in [2.05, 4.69) is 16.7 Å². The van der Waals surface area contributed by atoms with Crippen molar-refractivity contribution in [1.29, 1.82) is 0 Å². The van der Waals surface area contributed by atoms with Crippen LogP contribution in [0.3, 0.4) is 0 Å². The predicted molar refractivity (Wildman–Crippen MR) is 102 cm³/mol. The second kappa shape index (κ2) is 8.07. The van der Waals surface area contributed by atoms with Crippen LogP contribution >= 0.6 is 0 Å². The van der Waals surface area contributed by atoms with Crippen LogP contribution in [0.25, 0.3) is 0 Å². The van der Waals surface area contributed by atoms with Gasteiger partial charge in [0.2, 0.25) is 5.60 Å². The van der Waals surface area contributed by atoms with E-state index in [4.69, 9.17) is 4.74 Å². The Hall–Kier alpha value is -2.77. The van der Waals surface area contributed by atoms with Crippen molar-refractivity contribution in [3.8, 4) is 11.8 Å². The van der Waals surface area contributed by atoms with Crippen LogP contribution in [0.5, 0.6) is 0 Å². The molecule has 134 valence electrons. The number of ether oxygens (including phenoxy) is 1. The smallest absolute Gasteiger partial charge is 0.348 e. The van der Waals surface area contributed by atoms with E-state index in [-0.39, 0.29) is 6.61 Å². The summed E-state index contributed by atoms with van der Waals surface area (Å²) in [6, 6.07) is 16.4. The number of carbonyl (C=O) groups excluding carboxylic acids is 1.